The number of hydrogen-bond acceptors (Lipinski definition) is 3. The molecule has 2 amide bonds. The Bertz CT molecular complexity index is 742. The van der Waals surface area contributed by atoms with E-state index in [-0.39, 0.29) is 11.8 Å². The SMILES string of the molecule is CCN(CC)C(=O)CN(C)CCC(=O)Nc1ccccc1-c1ccccc1. The fourth-order valence-electron chi connectivity index (χ4n) is 2.95. The molecule has 144 valence electrons. The number of benzene rings is 2. The summed E-state index contributed by atoms with van der Waals surface area (Å²) in [5.74, 6) is 0.0397. The third-order valence-corrected chi connectivity index (χ3v) is 4.53. The summed E-state index contributed by atoms with van der Waals surface area (Å²) < 4.78 is 0. The monoisotopic (exact) mass is 367 g/mol. The number of rotatable bonds is 9. The van der Waals surface area contributed by atoms with Gasteiger partial charge in [0.1, 0.15) is 0 Å². The number of amides is 2. The predicted molar refractivity (Wildman–Crippen MR) is 111 cm³/mol. The van der Waals surface area contributed by atoms with E-state index in [1.54, 1.807) is 4.90 Å². The second kappa shape index (κ2) is 10.5. The molecule has 0 aliphatic rings. The second-order valence-electron chi connectivity index (χ2n) is 6.51. The van der Waals surface area contributed by atoms with E-state index in [1.807, 2.05) is 80.4 Å². The number of anilines is 1. The standard InChI is InChI=1S/C22H29N3O2/c1-4-25(5-2)22(27)17-24(3)16-15-21(26)23-20-14-10-9-13-19(20)18-11-7-6-8-12-18/h6-14H,4-5,15-17H2,1-3H3,(H,23,26). The van der Waals surface area contributed by atoms with Crippen LogP contribution < -0.4 is 5.32 Å². The highest BCUT2D eigenvalue weighted by atomic mass is 16.2. The molecule has 2 aromatic carbocycles. The van der Waals surface area contributed by atoms with Crippen molar-refractivity contribution in [2.75, 3.05) is 38.5 Å². The smallest absolute Gasteiger partial charge is 0.236 e. The first kappa shape index (κ1) is 20.6. The van der Waals surface area contributed by atoms with Gasteiger partial charge in [0, 0.05) is 37.3 Å². The molecule has 5 nitrogen and oxygen atoms in total. The van der Waals surface area contributed by atoms with Crippen LogP contribution in [-0.2, 0) is 9.59 Å². The highest BCUT2D eigenvalue weighted by Gasteiger charge is 2.14. The Morgan fingerprint density at radius 2 is 1.56 bits per heavy atom. The Balaban J connectivity index is 1.91. The highest BCUT2D eigenvalue weighted by Crippen LogP contribution is 2.27. The van der Waals surface area contributed by atoms with Crippen LogP contribution in [0.2, 0.25) is 0 Å². The number of nitrogens with zero attached hydrogens (tertiary/aromatic N) is 2. The minimum atomic E-state index is -0.0551. The van der Waals surface area contributed by atoms with Gasteiger partial charge in [-0.25, -0.2) is 0 Å². The molecule has 0 saturated heterocycles. The molecule has 0 aliphatic carbocycles. The number of para-hydroxylation sites is 1. The molecule has 0 aromatic heterocycles. The molecular weight excluding hydrogens is 338 g/mol. The van der Waals surface area contributed by atoms with E-state index in [9.17, 15) is 9.59 Å². The maximum atomic E-state index is 12.4. The Kier molecular flexibility index (Phi) is 8.01. The van der Waals surface area contributed by atoms with Crippen LogP contribution in [0.3, 0.4) is 0 Å². The van der Waals surface area contributed by atoms with Gasteiger partial charge in [-0.1, -0.05) is 48.5 Å². The Morgan fingerprint density at radius 1 is 0.926 bits per heavy atom. The van der Waals surface area contributed by atoms with Crippen LogP contribution in [0.15, 0.2) is 54.6 Å². The average Bonchev–Trinajstić information content (AvgIpc) is 2.68. The van der Waals surface area contributed by atoms with Crippen LogP contribution in [0.4, 0.5) is 5.69 Å². The molecule has 0 heterocycles. The number of carbonyl (C=O) groups excluding carboxylic acids is 2. The molecule has 0 unspecified atom stereocenters. The van der Waals surface area contributed by atoms with Crippen molar-refractivity contribution in [3.63, 3.8) is 0 Å². The van der Waals surface area contributed by atoms with E-state index in [1.165, 1.54) is 0 Å². The molecule has 2 aromatic rings. The van der Waals surface area contributed by atoms with E-state index >= 15 is 0 Å². The number of nitrogens with one attached hydrogen (secondary N) is 1. The molecular formula is C22H29N3O2. The van der Waals surface area contributed by atoms with Crippen molar-refractivity contribution in [2.24, 2.45) is 0 Å². The van der Waals surface area contributed by atoms with Crippen molar-refractivity contribution >= 4 is 17.5 Å². The zero-order chi connectivity index (χ0) is 19.6. The molecule has 27 heavy (non-hydrogen) atoms. The molecule has 0 fully saturated rings. The zero-order valence-corrected chi connectivity index (χ0v) is 16.4. The summed E-state index contributed by atoms with van der Waals surface area (Å²) in [4.78, 5) is 28.2. The van der Waals surface area contributed by atoms with Gasteiger partial charge in [0.2, 0.25) is 11.8 Å². The van der Waals surface area contributed by atoms with Gasteiger partial charge in [-0.15, -0.1) is 0 Å². The van der Waals surface area contributed by atoms with E-state index in [0.717, 1.165) is 16.8 Å². The summed E-state index contributed by atoms with van der Waals surface area (Å²) in [5, 5.41) is 3.00. The van der Waals surface area contributed by atoms with E-state index in [2.05, 4.69) is 5.32 Å². The van der Waals surface area contributed by atoms with Crippen molar-refractivity contribution in [1.82, 2.24) is 9.80 Å². The predicted octanol–water partition coefficient (Wildman–Crippen LogP) is 3.48. The molecule has 5 heteroatoms. The topological polar surface area (TPSA) is 52.7 Å². The maximum Gasteiger partial charge on any atom is 0.236 e. The van der Waals surface area contributed by atoms with E-state index in [4.69, 9.17) is 0 Å². The number of likely N-dealkylation sites (N-methyl/N-ethyl adjacent to an activating group) is 2. The molecule has 0 spiro atoms. The number of hydrogen-bond donors (Lipinski definition) is 1. The molecule has 0 aliphatic heterocycles. The maximum absolute atomic E-state index is 12.4. The minimum Gasteiger partial charge on any atom is -0.342 e. The summed E-state index contributed by atoms with van der Waals surface area (Å²) >= 11 is 0. The summed E-state index contributed by atoms with van der Waals surface area (Å²) in [6.45, 7) is 6.22. The van der Waals surface area contributed by atoms with Crippen LogP contribution in [0, 0.1) is 0 Å². The van der Waals surface area contributed by atoms with Crippen molar-refractivity contribution in [1.29, 1.82) is 0 Å². The van der Waals surface area contributed by atoms with Gasteiger partial charge in [-0.05, 0) is 32.5 Å². The second-order valence-corrected chi connectivity index (χ2v) is 6.51. The summed E-state index contributed by atoms with van der Waals surface area (Å²) in [6.07, 6.45) is 0.338. The van der Waals surface area contributed by atoms with Gasteiger partial charge in [0.05, 0.1) is 6.54 Å². The molecule has 0 atom stereocenters. The molecule has 0 saturated carbocycles. The van der Waals surface area contributed by atoms with Crippen LogP contribution in [0.25, 0.3) is 11.1 Å². The van der Waals surface area contributed by atoms with Gasteiger partial charge in [-0.3, -0.25) is 14.5 Å². The van der Waals surface area contributed by atoms with Gasteiger partial charge in [-0.2, -0.15) is 0 Å². The van der Waals surface area contributed by atoms with Crippen molar-refractivity contribution in [3.8, 4) is 11.1 Å². The third-order valence-electron chi connectivity index (χ3n) is 4.53. The first-order valence-electron chi connectivity index (χ1n) is 9.45. The van der Waals surface area contributed by atoms with Gasteiger partial charge >= 0.3 is 0 Å². The Labute approximate surface area is 162 Å². The van der Waals surface area contributed by atoms with Gasteiger partial charge in [0.25, 0.3) is 0 Å². The normalized spacial score (nSPS) is 10.7. The molecule has 0 radical (unpaired) electrons. The van der Waals surface area contributed by atoms with E-state index in [0.29, 0.717) is 32.6 Å². The highest BCUT2D eigenvalue weighted by molar-refractivity contribution is 5.95. The lowest BCUT2D eigenvalue weighted by Crippen LogP contribution is -2.39. The summed E-state index contributed by atoms with van der Waals surface area (Å²) in [7, 11) is 1.87. The number of carbonyl (C=O) groups is 2. The Hall–Kier alpha value is -2.66. The average molecular weight is 367 g/mol. The lowest BCUT2D eigenvalue weighted by atomic mass is 10.0. The fourth-order valence-corrected chi connectivity index (χ4v) is 2.95. The first-order valence-corrected chi connectivity index (χ1v) is 9.45. The van der Waals surface area contributed by atoms with Gasteiger partial charge < -0.3 is 10.2 Å². The quantitative estimate of drug-likeness (QED) is 0.738. The Morgan fingerprint density at radius 3 is 2.22 bits per heavy atom. The molecule has 0 bridgehead atoms. The van der Waals surface area contributed by atoms with Crippen LogP contribution in [-0.4, -0.2) is 54.8 Å². The van der Waals surface area contributed by atoms with Crippen molar-refractivity contribution in [2.45, 2.75) is 20.3 Å². The lowest BCUT2D eigenvalue weighted by molar-refractivity contribution is -0.132. The first-order chi connectivity index (χ1) is 13.0. The van der Waals surface area contributed by atoms with Crippen LogP contribution in [0.5, 0.6) is 0 Å². The van der Waals surface area contributed by atoms with Crippen LogP contribution >= 0.6 is 0 Å². The molecule has 1 N–H and O–H groups in total. The molecule has 2 rings (SSSR count). The van der Waals surface area contributed by atoms with E-state index < -0.39 is 0 Å². The third kappa shape index (κ3) is 6.22. The van der Waals surface area contributed by atoms with Crippen LogP contribution in [0.1, 0.15) is 20.3 Å². The van der Waals surface area contributed by atoms with Crippen molar-refractivity contribution in [3.05, 3.63) is 54.6 Å². The summed E-state index contributed by atoms with van der Waals surface area (Å²) in [5.41, 5.74) is 2.86. The van der Waals surface area contributed by atoms with Gasteiger partial charge in [0.15, 0.2) is 0 Å². The zero-order valence-electron chi connectivity index (χ0n) is 16.4. The minimum absolute atomic E-state index is 0.0551. The van der Waals surface area contributed by atoms with Crippen molar-refractivity contribution < 1.29 is 9.59 Å². The lowest BCUT2D eigenvalue weighted by Gasteiger charge is -2.23. The summed E-state index contributed by atoms with van der Waals surface area (Å²) in [6, 6.07) is 17.8. The fraction of sp³-hybridized carbons (Fsp3) is 0.364. The largest absolute Gasteiger partial charge is 0.342 e.